The minimum atomic E-state index is 0.475. The third-order valence-electron chi connectivity index (χ3n) is 4.04. The molecule has 0 spiro atoms. The van der Waals surface area contributed by atoms with Gasteiger partial charge in [0.25, 0.3) is 0 Å². The van der Waals surface area contributed by atoms with E-state index in [0.717, 1.165) is 30.5 Å². The zero-order valence-electron chi connectivity index (χ0n) is 13.7. The molecule has 0 saturated heterocycles. The summed E-state index contributed by atoms with van der Waals surface area (Å²) in [5, 5.41) is 4.04. The zero-order valence-corrected chi connectivity index (χ0v) is 13.7. The SMILES string of the molecule is CC[C@@H](CCN)Cc1nc(-c2ccc(-c3ccccn3)cn2)no1. The summed E-state index contributed by atoms with van der Waals surface area (Å²) in [6, 6.07) is 9.64. The molecule has 0 unspecified atom stereocenters. The first-order valence-electron chi connectivity index (χ1n) is 8.20. The Morgan fingerprint density at radius 1 is 1.12 bits per heavy atom. The Kier molecular flexibility index (Phi) is 5.28. The summed E-state index contributed by atoms with van der Waals surface area (Å²) in [4.78, 5) is 13.2. The van der Waals surface area contributed by atoms with Crippen molar-refractivity contribution in [2.75, 3.05) is 6.54 Å². The molecule has 2 N–H and O–H groups in total. The molecule has 3 rings (SSSR count). The van der Waals surface area contributed by atoms with Gasteiger partial charge in [0.1, 0.15) is 5.69 Å². The molecule has 24 heavy (non-hydrogen) atoms. The summed E-state index contributed by atoms with van der Waals surface area (Å²) in [6.45, 7) is 2.82. The molecular formula is C18H21N5O. The summed E-state index contributed by atoms with van der Waals surface area (Å²) in [6.07, 6.45) is 6.31. The maximum atomic E-state index is 5.64. The first-order valence-corrected chi connectivity index (χ1v) is 8.20. The van der Waals surface area contributed by atoms with E-state index in [4.69, 9.17) is 10.3 Å². The first kappa shape index (κ1) is 16.3. The summed E-state index contributed by atoms with van der Waals surface area (Å²) < 4.78 is 5.36. The highest BCUT2D eigenvalue weighted by Gasteiger charge is 2.14. The Morgan fingerprint density at radius 3 is 2.71 bits per heavy atom. The van der Waals surface area contributed by atoms with Crippen LogP contribution < -0.4 is 5.73 Å². The minimum Gasteiger partial charge on any atom is -0.339 e. The monoisotopic (exact) mass is 323 g/mol. The van der Waals surface area contributed by atoms with Crippen molar-refractivity contribution >= 4 is 0 Å². The number of rotatable bonds is 7. The van der Waals surface area contributed by atoms with E-state index in [1.54, 1.807) is 12.4 Å². The van der Waals surface area contributed by atoms with Crippen LogP contribution in [0.2, 0.25) is 0 Å². The molecule has 124 valence electrons. The standard InChI is InChI=1S/C18H21N5O/c1-2-13(8-9-19)11-17-22-18(23-24-17)16-7-6-14(12-21-16)15-5-3-4-10-20-15/h3-7,10,12-13H,2,8-9,11,19H2,1H3/t13-/m0/s1. The van der Waals surface area contributed by atoms with Crippen LogP contribution in [-0.4, -0.2) is 26.7 Å². The Balaban J connectivity index is 1.73. The number of hydrogen-bond acceptors (Lipinski definition) is 6. The maximum Gasteiger partial charge on any atom is 0.227 e. The summed E-state index contributed by atoms with van der Waals surface area (Å²) in [7, 11) is 0. The largest absolute Gasteiger partial charge is 0.339 e. The van der Waals surface area contributed by atoms with Crippen LogP contribution in [0.3, 0.4) is 0 Å². The molecular weight excluding hydrogens is 302 g/mol. The fourth-order valence-corrected chi connectivity index (χ4v) is 2.59. The fraction of sp³-hybridized carbons (Fsp3) is 0.333. The molecule has 6 heteroatoms. The van der Waals surface area contributed by atoms with E-state index in [1.807, 2.05) is 30.3 Å². The molecule has 3 aromatic rings. The highest BCUT2D eigenvalue weighted by Crippen LogP contribution is 2.20. The van der Waals surface area contributed by atoms with Crippen LogP contribution in [0, 0.1) is 5.92 Å². The second kappa shape index (κ2) is 7.79. The van der Waals surface area contributed by atoms with Gasteiger partial charge in [-0.2, -0.15) is 4.98 Å². The van der Waals surface area contributed by atoms with E-state index in [0.29, 0.717) is 29.9 Å². The molecule has 6 nitrogen and oxygen atoms in total. The molecule has 0 aliphatic carbocycles. The van der Waals surface area contributed by atoms with E-state index in [-0.39, 0.29) is 0 Å². The van der Waals surface area contributed by atoms with E-state index in [9.17, 15) is 0 Å². The Morgan fingerprint density at radius 2 is 2.04 bits per heavy atom. The molecule has 3 heterocycles. The molecule has 0 saturated carbocycles. The second-order valence-corrected chi connectivity index (χ2v) is 5.71. The molecule has 0 aromatic carbocycles. The topological polar surface area (TPSA) is 90.7 Å². The second-order valence-electron chi connectivity index (χ2n) is 5.71. The van der Waals surface area contributed by atoms with Crippen LogP contribution in [0.15, 0.2) is 47.2 Å². The molecule has 0 fully saturated rings. The lowest BCUT2D eigenvalue weighted by Crippen LogP contribution is -2.10. The van der Waals surface area contributed by atoms with Crippen LogP contribution in [0.25, 0.3) is 22.8 Å². The van der Waals surface area contributed by atoms with Gasteiger partial charge in [0.15, 0.2) is 0 Å². The number of aromatic nitrogens is 4. The summed E-state index contributed by atoms with van der Waals surface area (Å²) >= 11 is 0. The fourth-order valence-electron chi connectivity index (χ4n) is 2.59. The number of nitrogens with two attached hydrogens (primary N) is 1. The molecule has 0 radical (unpaired) electrons. The number of pyridine rings is 2. The van der Waals surface area contributed by atoms with Crippen LogP contribution in [0.5, 0.6) is 0 Å². The highest BCUT2D eigenvalue weighted by atomic mass is 16.5. The van der Waals surface area contributed by atoms with Gasteiger partial charge in [-0.15, -0.1) is 0 Å². The molecule has 0 amide bonds. The highest BCUT2D eigenvalue weighted by molar-refractivity contribution is 5.60. The molecule has 0 aliphatic rings. The van der Waals surface area contributed by atoms with Gasteiger partial charge < -0.3 is 10.3 Å². The number of hydrogen-bond donors (Lipinski definition) is 1. The van der Waals surface area contributed by atoms with E-state index in [2.05, 4.69) is 27.0 Å². The van der Waals surface area contributed by atoms with E-state index in [1.165, 1.54) is 0 Å². The Labute approximate surface area is 141 Å². The molecule has 3 aromatic heterocycles. The summed E-state index contributed by atoms with van der Waals surface area (Å²) in [5.41, 5.74) is 8.17. The molecule has 0 aliphatic heterocycles. The van der Waals surface area contributed by atoms with Gasteiger partial charge in [-0.1, -0.05) is 24.6 Å². The maximum absolute atomic E-state index is 5.64. The first-order chi connectivity index (χ1) is 11.8. The van der Waals surface area contributed by atoms with Gasteiger partial charge >= 0.3 is 0 Å². The van der Waals surface area contributed by atoms with Gasteiger partial charge in [-0.25, -0.2) is 0 Å². The lowest BCUT2D eigenvalue weighted by atomic mass is 9.99. The van der Waals surface area contributed by atoms with E-state index < -0.39 is 0 Å². The predicted octanol–water partition coefficient (Wildman–Crippen LogP) is 3.11. The molecule has 0 bridgehead atoms. The van der Waals surface area contributed by atoms with Crippen molar-refractivity contribution < 1.29 is 4.52 Å². The average molecular weight is 323 g/mol. The lowest BCUT2D eigenvalue weighted by Gasteiger charge is -2.09. The normalized spacial score (nSPS) is 12.2. The third kappa shape index (κ3) is 3.83. The van der Waals surface area contributed by atoms with Crippen molar-refractivity contribution in [2.45, 2.75) is 26.2 Å². The smallest absolute Gasteiger partial charge is 0.227 e. The van der Waals surface area contributed by atoms with Crippen molar-refractivity contribution in [3.05, 3.63) is 48.6 Å². The minimum absolute atomic E-state index is 0.475. The van der Waals surface area contributed by atoms with Crippen LogP contribution in [0.4, 0.5) is 0 Å². The van der Waals surface area contributed by atoms with Crippen molar-refractivity contribution in [3.63, 3.8) is 0 Å². The van der Waals surface area contributed by atoms with Crippen molar-refractivity contribution in [2.24, 2.45) is 11.7 Å². The molecule has 1 atom stereocenters. The van der Waals surface area contributed by atoms with Crippen LogP contribution >= 0.6 is 0 Å². The van der Waals surface area contributed by atoms with Gasteiger partial charge in [0.2, 0.25) is 11.7 Å². The Bertz CT molecular complexity index is 755. The third-order valence-corrected chi connectivity index (χ3v) is 4.04. The van der Waals surface area contributed by atoms with E-state index >= 15 is 0 Å². The predicted molar refractivity (Wildman–Crippen MR) is 91.9 cm³/mol. The van der Waals surface area contributed by atoms with Crippen molar-refractivity contribution in [3.8, 4) is 22.8 Å². The average Bonchev–Trinajstić information content (AvgIpc) is 3.11. The lowest BCUT2D eigenvalue weighted by molar-refractivity contribution is 0.342. The van der Waals surface area contributed by atoms with Gasteiger partial charge in [0.05, 0.1) is 5.69 Å². The number of nitrogens with zero attached hydrogens (tertiary/aromatic N) is 4. The van der Waals surface area contributed by atoms with Crippen molar-refractivity contribution in [1.29, 1.82) is 0 Å². The summed E-state index contributed by atoms with van der Waals surface area (Å²) in [5.74, 6) is 1.63. The van der Waals surface area contributed by atoms with Crippen LogP contribution in [-0.2, 0) is 6.42 Å². The van der Waals surface area contributed by atoms with Crippen LogP contribution in [0.1, 0.15) is 25.7 Å². The quantitative estimate of drug-likeness (QED) is 0.718. The van der Waals surface area contributed by atoms with Gasteiger partial charge in [-0.3, -0.25) is 9.97 Å². The zero-order chi connectivity index (χ0) is 16.8. The van der Waals surface area contributed by atoms with Crippen molar-refractivity contribution in [1.82, 2.24) is 20.1 Å². The van der Waals surface area contributed by atoms with Gasteiger partial charge in [0, 0.05) is 24.4 Å². The Hall–Kier alpha value is -2.60. The van der Waals surface area contributed by atoms with Gasteiger partial charge in [-0.05, 0) is 43.1 Å².